The van der Waals surface area contributed by atoms with Crippen LogP contribution in [0.5, 0.6) is 0 Å². The standard InChI is InChI=1S/C18H15ClFNO4S3/c1-2-11-27(22,23)18-17(28(24,25)13-9-7-12(19)8-10-13)21-16(26-18)14-5-3-4-6-15(14)20/h3-10H,2,11H2,1H3. The number of rotatable bonds is 6. The van der Waals surface area contributed by atoms with Gasteiger partial charge in [0.15, 0.2) is 19.1 Å². The molecule has 0 N–H and O–H groups in total. The first kappa shape index (κ1) is 20.9. The predicted octanol–water partition coefficient (Wildman–Crippen LogP) is 4.62. The van der Waals surface area contributed by atoms with E-state index in [1.807, 2.05) is 0 Å². The van der Waals surface area contributed by atoms with E-state index in [0.29, 0.717) is 22.8 Å². The summed E-state index contributed by atoms with van der Waals surface area (Å²) in [6.45, 7) is 1.67. The summed E-state index contributed by atoms with van der Waals surface area (Å²) >= 11 is 6.46. The van der Waals surface area contributed by atoms with Gasteiger partial charge in [0.2, 0.25) is 9.84 Å². The van der Waals surface area contributed by atoms with Crippen LogP contribution < -0.4 is 0 Å². The molecule has 10 heteroatoms. The fourth-order valence-electron chi connectivity index (χ4n) is 2.50. The number of hydrogen-bond donors (Lipinski definition) is 0. The van der Waals surface area contributed by atoms with E-state index < -0.39 is 30.5 Å². The first-order chi connectivity index (χ1) is 13.2. The molecule has 0 atom stereocenters. The largest absolute Gasteiger partial charge is 0.226 e. The summed E-state index contributed by atoms with van der Waals surface area (Å²) < 4.78 is 65.4. The molecule has 0 spiro atoms. The normalized spacial score (nSPS) is 12.2. The Bertz CT molecular complexity index is 1220. The summed E-state index contributed by atoms with van der Waals surface area (Å²) in [4.78, 5) is 3.90. The van der Waals surface area contributed by atoms with Crippen molar-refractivity contribution in [2.24, 2.45) is 0 Å². The molecule has 0 unspecified atom stereocenters. The van der Waals surface area contributed by atoms with Gasteiger partial charge < -0.3 is 0 Å². The summed E-state index contributed by atoms with van der Waals surface area (Å²) in [5, 5.41) is -0.269. The van der Waals surface area contributed by atoms with Gasteiger partial charge in [0, 0.05) is 10.6 Å². The Balaban J connectivity index is 2.27. The Morgan fingerprint density at radius 3 is 2.29 bits per heavy atom. The number of sulfone groups is 2. The summed E-state index contributed by atoms with van der Waals surface area (Å²) in [5.41, 5.74) is 0.0398. The zero-order valence-electron chi connectivity index (χ0n) is 14.6. The van der Waals surface area contributed by atoms with E-state index in [0.717, 1.165) is 0 Å². The molecule has 2 aromatic carbocycles. The highest BCUT2D eigenvalue weighted by Gasteiger charge is 2.33. The van der Waals surface area contributed by atoms with Crippen molar-refractivity contribution in [2.45, 2.75) is 27.5 Å². The Kier molecular flexibility index (Phi) is 5.90. The maximum Gasteiger partial charge on any atom is 0.226 e. The molecule has 3 rings (SSSR count). The van der Waals surface area contributed by atoms with Crippen molar-refractivity contribution in [3.05, 3.63) is 59.4 Å². The van der Waals surface area contributed by atoms with E-state index in [2.05, 4.69) is 4.98 Å². The number of halogens is 2. The monoisotopic (exact) mass is 459 g/mol. The van der Waals surface area contributed by atoms with Crippen LogP contribution in [0, 0.1) is 5.82 Å². The molecule has 0 bridgehead atoms. The third kappa shape index (κ3) is 3.98. The average molecular weight is 460 g/mol. The topological polar surface area (TPSA) is 81.2 Å². The Hall–Kier alpha value is -1.81. The molecule has 148 valence electrons. The molecule has 0 aliphatic carbocycles. The second-order valence-electron chi connectivity index (χ2n) is 5.87. The van der Waals surface area contributed by atoms with Crippen LogP contribution in [0.2, 0.25) is 5.02 Å². The van der Waals surface area contributed by atoms with Crippen LogP contribution in [0.4, 0.5) is 4.39 Å². The molecule has 0 fully saturated rings. The highest BCUT2D eigenvalue weighted by Crippen LogP contribution is 2.37. The van der Waals surface area contributed by atoms with Gasteiger partial charge in [-0.05, 0) is 42.8 Å². The minimum absolute atomic E-state index is 0.0136. The molecule has 0 saturated carbocycles. The van der Waals surface area contributed by atoms with Crippen molar-refractivity contribution < 1.29 is 21.2 Å². The van der Waals surface area contributed by atoms with Crippen LogP contribution in [0.25, 0.3) is 10.6 Å². The van der Waals surface area contributed by atoms with Gasteiger partial charge in [-0.1, -0.05) is 30.7 Å². The Labute approximate surface area is 171 Å². The van der Waals surface area contributed by atoms with Gasteiger partial charge in [-0.15, -0.1) is 11.3 Å². The third-order valence-corrected chi connectivity index (χ3v) is 9.61. The fourth-order valence-corrected chi connectivity index (χ4v) is 7.74. The molecular weight excluding hydrogens is 445 g/mol. The summed E-state index contributed by atoms with van der Waals surface area (Å²) in [7, 11) is -8.16. The van der Waals surface area contributed by atoms with E-state index in [9.17, 15) is 21.2 Å². The Morgan fingerprint density at radius 2 is 1.68 bits per heavy atom. The van der Waals surface area contributed by atoms with Gasteiger partial charge >= 0.3 is 0 Å². The first-order valence-corrected chi connectivity index (χ1v) is 12.5. The average Bonchev–Trinajstić information content (AvgIpc) is 3.09. The number of thiazole rings is 1. The third-order valence-electron chi connectivity index (χ3n) is 3.81. The molecular formula is C18H15ClFNO4S3. The molecule has 0 aliphatic rings. The van der Waals surface area contributed by atoms with Gasteiger partial charge in [0.05, 0.1) is 10.6 Å². The molecule has 0 aliphatic heterocycles. The summed E-state index contributed by atoms with van der Waals surface area (Å²) in [6, 6.07) is 11.0. The quantitative estimate of drug-likeness (QED) is 0.537. The molecule has 0 amide bonds. The lowest BCUT2D eigenvalue weighted by Crippen LogP contribution is -2.11. The second-order valence-corrected chi connectivity index (χ2v) is 11.5. The Morgan fingerprint density at radius 1 is 1.04 bits per heavy atom. The lowest BCUT2D eigenvalue weighted by molar-refractivity contribution is 0.581. The van der Waals surface area contributed by atoms with Crippen molar-refractivity contribution in [1.82, 2.24) is 4.98 Å². The number of benzene rings is 2. The molecule has 1 aromatic heterocycles. The smallest absolute Gasteiger partial charge is 0.223 e. The van der Waals surface area contributed by atoms with E-state index in [1.54, 1.807) is 13.0 Å². The van der Waals surface area contributed by atoms with Crippen molar-refractivity contribution in [3.8, 4) is 10.6 Å². The molecule has 1 heterocycles. The first-order valence-electron chi connectivity index (χ1n) is 8.16. The van der Waals surface area contributed by atoms with Crippen LogP contribution in [-0.4, -0.2) is 27.6 Å². The van der Waals surface area contributed by atoms with Crippen LogP contribution >= 0.6 is 22.9 Å². The van der Waals surface area contributed by atoms with Crippen LogP contribution in [-0.2, 0) is 19.7 Å². The van der Waals surface area contributed by atoms with Gasteiger partial charge in [-0.2, -0.15) is 0 Å². The van der Waals surface area contributed by atoms with Gasteiger partial charge in [0.25, 0.3) is 0 Å². The number of aromatic nitrogens is 1. The van der Waals surface area contributed by atoms with Crippen molar-refractivity contribution in [3.63, 3.8) is 0 Å². The molecule has 5 nitrogen and oxygen atoms in total. The molecule has 0 radical (unpaired) electrons. The SMILES string of the molecule is CCCS(=O)(=O)c1sc(-c2ccccc2F)nc1S(=O)(=O)c1ccc(Cl)cc1. The zero-order valence-corrected chi connectivity index (χ0v) is 17.8. The molecule has 3 aromatic rings. The van der Waals surface area contributed by atoms with Gasteiger partial charge in [-0.3, -0.25) is 0 Å². The predicted molar refractivity (Wildman–Crippen MR) is 107 cm³/mol. The van der Waals surface area contributed by atoms with Crippen molar-refractivity contribution in [1.29, 1.82) is 0 Å². The number of nitrogens with zero attached hydrogens (tertiary/aromatic N) is 1. The highest BCUT2D eigenvalue weighted by molar-refractivity contribution is 7.96. The lowest BCUT2D eigenvalue weighted by atomic mass is 10.2. The van der Waals surface area contributed by atoms with Crippen molar-refractivity contribution in [2.75, 3.05) is 5.75 Å². The van der Waals surface area contributed by atoms with Gasteiger partial charge in [0.1, 0.15) is 10.8 Å². The molecule has 28 heavy (non-hydrogen) atoms. The maximum absolute atomic E-state index is 14.2. The maximum atomic E-state index is 14.2. The van der Waals surface area contributed by atoms with Crippen molar-refractivity contribution >= 4 is 42.6 Å². The van der Waals surface area contributed by atoms with Crippen LogP contribution in [0.3, 0.4) is 0 Å². The minimum atomic E-state index is -4.25. The summed E-state index contributed by atoms with van der Waals surface area (Å²) in [5.74, 6) is -0.860. The van der Waals surface area contributed by atoms with E-state index >= 15 is 0 Å². The second kappa shape index (κ2) is 7.90. The van der Waals surface area contributed by atoms with Gasteiger partial charge in [-0.25, -0.2) is 26.2 Å². The molecule has 0 saturated heterocycles. The summed E-state index contributed by atoms with van der Waals surface area (Å²) in [6.07, 6.45) is 0.301. The lowest BCUT2D eigenvalue weighted by Gasteiger charge is -2.05. The van der Waals surface area contributed by atoms with Crippen LogP contribution in [0.15, 0.2) is 62.7 Å². The van der Waals surface area contributed by atoms with Crippen LogP contribution in [0.1, 0.15) is 13.3 Å². The number of hydrogen-bond acceptors (Lipinski definition) is 6. The highest BCUT2D eigenvalue weighted by atomic mass is 35.5. The van der Waals surface area contributed by atoms with E-state index in [4.69, 9.17) is 11.6 Å². The van der Waals surface area contributed by atoms with E-state index in [1.165, 1.54) is 42.5 Å². The fraction of sp³-hybridized carbons (Fsp3) is 0.167. The zero-order chi connectivity index (χ0) is 20.5. The van der Waals surface area contributed by atoms with E-state index in [-0.39, 0.29) is 25.4 Å². The minimum Gasteiger partial charge on any atom is -0.223 e.